The minimum absolute atomic E-state index is 0.0200. The van der Waals surface area contributed by atoms with Gasteiger partial charge in [0.15, 0.2) is 0 Å². The Hall–Kier alpha value is -1.25. The number of hydrogen-bond donors (Lipinski definition) is 3. The summed E-state index contributed by atoms with van der Waals surface area (Å²) < 4.78 is 26.5. The highest BCUT2D eigenvalue weighted by molar-refractivity contribution is 7.89. The third-order valence-corrected chi connectivity index (χ3v) is 4.44. The summed E-state index contributed by atoms with van der Waals surface area (Å²) in [6.07, 6.45) is 4.75. The molecule has 1 heterocycles. The molecule has 1 aliphatic rings. The van der Waals surface area contributed by atoms with Gasteiger partial charge in [-0.3, -0.25) is 0 Å². The van der Waals surface area contributed by atoms with Crippen LogP contribution in [0, 0.1) is 0 Å². The van der Waals surface area contributed by atoms with E-state index >= 15 is 0 Å². The van der Waals surface area contributed by atoms with E-state index in [1.54, 1.807) is 0 Å². The summed E-state index contributed by atoms with van der Waals surface area (Å²) in [6, 6.07) is -0.443. The van der Waals surface area contributed by atoms with E-state index in [2.05, 4.69) is 14.7 Å². The molecule has 1 aromatic heterocycles. The van der Waals surface area contributed by atoms with Crippen LogP contribution >= 0.6 is 0 Å². The molecule has 2 unspecified atom stereocenters. The minimum atomic E-state index is -3.70. The van der Waals surface area contributed by atoms with Gasteiger partial charge < -0.3 is 10.8 Å². The zero-order valence-corrected chi connectivity index (χ0v) is 10.6. The van der Waals surface area contributed by atoms with E-state index in [1.165, 1.54) is 0 Å². The summed E-state index contributed by atoms with van der Waals surface area (Å²) >= 11 is 0. The molecular weight excluding hydrogens is 256 g/mol. The molecular formula is C10H16N4O3S. The van der Waals surface area contributed by atoms with E-state index in [0.29, 0.717) is 12.8 Å². The average Bonchev–Trinajstić information content (AvgIpc) is 2.32. The molecule has 0 aliphatic heterocycles. The van der Waals surface area contributed by atoms with Crippen LogP contribution in [-0.4, -0.2) is 35.6 Å². The van der Waals surface area contributed by atoms with Crippen molar-refractivity contribution in [2.24, 2.45) is 0 Å². The first-order chi connectivity index (χ1) is 8.49. The van der Waals surface area contributed by atoms with E-state index < -0.39 is 22.2 Å². The summed E-state index contributed by atoms with van der Waals surface area (Å²) in [6.45, 7) is 0. The van der Waals surface area contributed by atoms with Crippen molar-refractivity contribution in [3.05, 3.63) is 12.4 Å². The summed E-state index contributed by atoms with van der Waals surface area (Å²) in [5.41, 5.74) is 5.30. The summed E-state index contributed by atoms with van der Waals surface area (Å²) in [4.78, 5) is 7.24. The van der Waals surface area contributed by atoms with Gasteiger partial charge in [-0.15, -0.1) is 0 Å². The molecule has 2 atom stereocenters. The van der Waals surface area contributed by atoms with Crippen molar-refractivity contribution in [3.63, 3.8) is 0 Å². The first kappa shape index (κ1) is 13.2. The van der Waals surface area contributed by atoms with Crippen LogP contribution in [0.25, 0.3) is 0 Å². The van der Waals surface area contributed by atoms with Gasteiger partial charge in [0.2, 0.25) is 16.0 Å². The second-order valence-corrected chi connectivity index (χ2v) is 6.07. The first-order valence-electron chi connectivity index (χ1n) is 5.77. The Morgan fingerprint density at radius 2 is 1.89 bits per heavy atom. The highest BCUT2D eigenvalue weighted by Gasteiger charge is 2.28. The Kier molecular flexibility index (Phi) is 3.79. The van der Waals surface area contributed by atoms with Crippen molar-refractivity contribution in [1.29, 1.82) is 0 Å². The van der Waals surface area contributed by atoms with Crippen LogP contribution in [0.1, 0.15) is 25.7 Å². The third-order valence-electron chi connectivity index (χ3n) is 2.99. The highest BCUT2D eigenvalue weighted by Crippen LogP contribution is 2.20. The van der Waals surface area contributed by atoms with Crippen LogP contribution < -0.4 is 10.5 Å². The Labute approximate surface area is 105 Å². The second kappa shape index (κ2) is 5.17. The molecule has 100 valence electrons. The molecule has 2 rings (SSSR count). The predicted octanol–water partition coefficient (Wildman–Crippen LogP) is -0.359. The van der Waals surface area contributed by atoms with E-state index in [1.807, 2.05) is 0 Å². The Bertz CT molecular complexity index is 502. The number of aliphatic hydroxyl groups excluding tert-OH is 1. The molecule has 0 bridgehead atoms. The maximum absolute atomic E-state index is 12.0. The number of aliphatic hydroxyl groups is 1. The molecule has 0 radical (unpaired) electrons. The fourth-order valence-electron chi connectivity index (χ4n) is 1.98. The molecule has 0 spiro atoms. The summed E-state index contributed by atoms with van der Waals surface area (Å²) in [7, 11) is -3.70. The monoisotopic (exact) mass is 272 g/mol. The van der Waals surface area contributed by atoms with E-state index in [0.717, 1.165) is 25.2 Å². The number of nitrogens with zero attached hydrogens (tertiary/aromatic N) is 2. The largest absolute Gasteiger partial charge is 0.391 e. The molecule has 1 fully saturated rings. The van der Waals surface area contributed by atoms with Gasteiger partial charge >= 0.3 is 0 Å². The third kappa shape index (κ3) is 2.95. The molecule has 0 saturated heterocycles. The molecule has 8 heteroatoms. The number of anilines is 1. The van der Waals surface area contributed by atoms with E-state index in [4.69, 9.17) is 5.73 Å². The van der Waals surface area contributed by atoms with Crippen LogP contribution in [0.5, 0.6) is 0 Å². The van der Waals surface area contributed by atoms with Gasteiger partial charge in [-0.25, -0.2) is 23.1 Å². The maximum atomic E-state index is 12.0. The summed E-state index contributed by atoms with van der Waals surface area (Å²) in [5, 5.41) is 9.75. The number of hydrogen-bond acceptors (Lipinski definition) is 6. The van der Waals surface area contributed by atoms with Gasteiger partial charge in [-0.05, 0) is 12.8 Å². The fourth-order valence-corrected chi connectivity index (χ4v) is 3.17. The number of aromatic nitrogens is 2. The van der Waals surface area contributed by atoms with Gasteiger partial charge in [-0.1, -0.05) is 12.8 Å². The van der Waals surface area contributed by atoms with Gasteiger partial charge in [0, 0.05) is 6.04 Å². The minimum Gasteiger partial charge on any atom is -0.391 e. The normalized spacial score (nSPS) is 24.9. The van der Waals surface area contributed by atoms with Crippen LogP contribution in [0.3, 0.4) is 0 Å². The number of nitrogen functional groups attached to an aromatic ring is 1. The number of sulfonamides is 1. The standard InChI is InChI=1S/C10H16N4O3S/c11-10-12-5-7(6-13-10)18(16,17)14-8-3-1-2-4-9(8)15/h5-6,8-9,14-15H,1-4H2,(H2,11,12,13). The SMILES string of the molecule is Nc1ncc(S(=O)(=O)NC2CCCCC2O)cn1. The van der Waals surface area contributed by atoms with Crippen LogP contribution in [0.15, 0.2) is 17.3 Å². The first-order valence-corrected chi connectivity index (χ1v) is 7.25. The highest BCUT2D eigenvalue weighted by atomic mass is 32.2. The molecule has 1 aromatic rings. The van der Waals surface area contributed by atoms with Crippen molar-refractivity contribution >= 4 is 16.0 Å². The smallest absolute Gasteiger partial charge is 0.243 e. The lowest BCUT2D eigenvalue weighted by molar-refractivity contribution is 0.101. The van der Waals surface area contributed by atoms with Gasteiger partial charge in [0.05, 0.1) is 18.5 Å². The zero-order chi connectivity index (χ0) is 13.2. The molecule has 4 N–H and O–H groups in total. The molecule has 7 nitrogen and oxygen atoms in total. The predicted molar refractivity (Wildman–Crippen MR) is 65.0 cm³/mol. The second-order valence-electron chi connectivity index (χ2n) is 4.36. The van der Waals surface area contributed by atoms with Crippen LogP contribution in [0.2, 0.25) is 0 Å². The number of nitrogens with two attached hydrogens (primary N) is 1. The van der Waals surface area contributed by atoms with Crippen molar-refractivity contribution in [3.8, 4) is 0 Å². The number of rotatable bonds is 3. The summed E-state index contributed by atoms with van der Waals surface area (Å²) in [5.74, 6) is 0.0200. The zero-order valence-electron chi connectivity index (χ0n) is 9.78. The lowest BCUT2D eigenvalue weighted by atomic mass is 9.93. The van der Waals surface area contributed by atoms with Crippen LogP contribution in [0.4, 0.5) is 5.95 Å². The number of nitrogens with one attached hydrogen (secondary N) is 1. The quantitative estimate of drug-likeness (QED) is 0.691. The maximum Gasteiger partial charge on any atom is 0.243 e. The van der Waals surface area contributed by atoms with Crippen LogP contribution in [-0.2, 0) is 10.0 Å². The van der Waals surface area contributed by atoms with E-state index in [-0.39, 0.29) is 10.8 Å². The lowest BCUT2D eigenvalue weighted by Gasteiger charge is -2.27. The Morgan fingerprint density at radius 1 is 1.28 bits per heavy atom. The van der Waals surface area contributed by atoms with E-state index in [9.17, 15) is 13.5 Å². The van der Waals surface area contributed by atoms with Gasteiger partial charge in [-0.2, -0.15) is 0 Å². The topological polar surface area (TPSA) is 118 Å². The molecule has 0 amide bonds. The molecule has 1 saturated carbocycles. The van der Waals surface area contributed by atoms with Gasteiger partial charge in [0.1, 0.15) is 4.90 Å². The average molecular weight is 272 g/mol. The van der Waals surface area contributed by atoms with Crippen molar-refractivity contribution < 1.29 is 13.5 Å². The molecule has 18 heavy (non-hydrogen) atoms. The Morgan fingerprint density at radius 3 is 2.50 bits per heavy atom. The van der Waals surface area contributed by atoms with Crippen molar-refractivity contribution in [2.75, 3.05) is 5.73 Å². The fraction of sp³-hybridized carbons (Fsp3) is 0.600. The molecule has 0 aromatic carbocycles. The lowest BCUT2D eigenvalue weighted by Crippen LogP contribution is -2.45. The van der Waals surface area contributed by atoms with Crippen molar-refractivity contribution in [2.45, 2.75) is 42.7 Å². The molecule has 1 aliphatic carbocycles. The van der Waals surface area contributed by atoms with Crippen molar-refractivity contribution in [1.82, 2.24) is 14.7 Å². The van der Waals surface area contributed by atoms with Gasteiger partial charge in [0.25, 0.3) is 0 Å². The Balaban J connectivity index is 2.13.